The number of hydrogen-bond acceptors (Lipinski definition) is 3. The van der Waals surface area contributed by atoms with Crippen molar-refractivity contribution in [3.05, 3.63) is 23.8 Å². The predicted molar refractivity (Wildman–Crippen MR) is 44.2 cm³/mol. The van der Waals surface area contributed by atoms with Crippen molar-refractivity contribution in [1.29, 1.82) is 0 Å². The molecule has 0 bridgehead atoms. The first-order valence-electron chi connectivity index (χ1n) is 3.59. The zero-order valence-electron chi connectivity index (χ0n) is 6.04. The molecule has 3 heteroatoms. The standard InChI is InChI=1S/C8H10N2O/c9-6-1-2-7-5(3-6)4-8(11)10-7/h1-3,8,10-11H,4,9H2. The fourth-order valence-electron chi connectivity index (χ4n) is 1.36. The molecule has 1 aromatic carbocycles. The quantitative estimate of drug-likeness (QED) is 0.473. The highest BCUT2D eigenvalue weighted by Gasteiger charge is 2.17. The molecule has 4 N–H and O–H groups in total. The number of benzene rings is 1. The third-order valence-electron chi connectivity index (χ3n) is 1.86. The predicted octanol–water partition coefficient (Wildman–Crippen LogP) is 0.555. The molecule has 0 saturated carbocycles. The van der Waals surface area contributed by atoms with Crippen LogP contribution in [0.4, 0.5) is 11.4 Å². The van der Waals surface area contributed by atoms with E-state index in [9.17, 15) is 5.11 Å². The number of hydrogen-bond donors (Lipinski definition) is 3. The Morgan fingerprint density at radius 3 is 3.18 bits per heavy atom. The Balaban J connectivity index is 2.43. The molecular formula is C8H10N2O. The number of nitrogens with one attached hydrogen (secondary N) is 1. The monoisotopic (exact) mass is 150 g/mol. The Morgan fingerprint density at radius 1 is 1.55 bits per heavy atom. The van der Waals surface area contributed by atoms with Gasteiger partial charge in [0.25, 0.3) is 0 Å². The minimum atomic E-state index is -0.438. The normalized spacial score (nSPS) is 21.0. The molecule has 1 aromatic rings. The van der Waals surface area contributed by atoms with Crippen molar-refractivity contribution in [2.45, 2.75) is 12.6 Å². The summed E-state index contributed by atoms with van der Waals surface area (Å²) < 4.78 is 0. The summed E-state index contributed by atoms with van der Waals surface area (Å²) in [6.45, 7) is 0. The van der Waals surface area contributed by atoms with E-state index in [1.807, 2.05) is 18.2 Å². The van der Waals surface area contributed by atoms with Crippen molar-refractivity contribution < 1.29 is 5.11 Å². The maximum Gasteiger partial charge on any atom is 0.128 e. The second-order valence-corrected chi connectivity index (χ2v) is 2.78. The van der Waals surface area contributed by atoms with E-state index in [1.165, 1.54) is 0 Å². The lowest BCUT2D eigenvalue weighted by Crippen LogP contribution is -2.12. The molecule has 1 atom stereocenters. The van der Waals surface area contributed by atoms with E-state index < -0.39 is 6.23 Å². The summed E-state index contributed by atoms with van der Waals surface area (Å²) in [5, 5.41) is 12.1. The fourth-order valence-corrected chi connectivity index (χ4v) is 1.36. The van der Waals surface area contributed by atoms with Gasteiger partial charge in [0.15, 0.2) is 0 Å². The van der Waals surface area contributed by atoms with Crippen LogP contribution in [0.2, 0.25) is 0 Å². The van der Waals surface area contributed by atoms with Gasteiger partial charge >= 0.3 is 0 Å². The van der Waals surface area contributed by atoms with E-state index in [-0.39, 0.29) is 0 Å². The van der Waals surface area contributed by atoms with Crippen LogP contribution in [0.15, 0.2) is 18.2 Å². The van der Waals surface area contributed by atoms with Gasteiger partial charge in [-0.05, 0) is 23.8 Å². The molecule has 0 radical (unpaired) electrons. The van der Waals surface area contributed by atoms with Crippen LogP contribution in [0.5, 0.6) is 0 Å². The highest BCUT2D eigenvalue weighted by molar-refractivity contribution is 5.61. The minimum Gasteiger partial charge on any atom is -0.399 e. The molecule has 1 heterocycles. The van der Waals surface area contributed by atoms with Gasteiger partial charge in [0, 0.05) is 17.8 Å². The molecule has 1 aliphatic heterocycles. The first kappa shape index (κ1) is 6.49. The first-order valence-corrected chi connectivity index (χ1v) is 3.59. The van der Waals surface area contributed by atoms with Gasteiger partial charge in [0.2, 0.25) is 0 Å². The van der Waals surface area contributed by atoms with Crippen molar-refractivity contribution >= 4 is 11.4 Å². The zero-order chi connectivity index (χ0) is 7.84. The Bertz CT molecular complexity index is 285. The number of nitrogens with two attached hydrogens (primary N) is 1. The molecule has 1 unspecified atom stereocenters. The Kier molecular flexibility index (Phi) is 1.26. The lowest BCUT2D eigenvalue weighted by atomic mass is 10.1. The highest BCUT2D eigenvalue weighted by Crippen LogP contribution is 2.26. The van der Waals surface area contributed by atoms with Crippen molar-refractivity contribution in [2.75, 3.05) is 11.1 Å². The zero-order valence-corrected chi connectivity index (χ0v) is 6.04. The van der Waals surface area contributed by atoms with Gasteiger partial charge in [-0.15, -0.1) is 0 Å². The van der Waals surface area contributed by atoms with Gasteiger partial charge in [-0.3, -0.25) is 0 Å². The molecule has 11 heavy (non-hydrogen) atoms. The molecule has 2 rings (SSSR count). The number of aliphatic hydroxyl groups excluding tert-OH is 1. The Morgan fingerprint density at radius 2 is 2.36 bits per heavy atom. The summed E-state index contributed by atoms with van der Waals surface area (Å²) >= 11 is 0. The summed E-state index contributed by atoms with van der Waals surface area (Å²) in [4.78, 5) is 0. The van der Waals surface area contributed by atoms with E-state index in [2.05, 4.69) is 5.32 Å². The van der Waals surface area contributed by atoms with Crippen molar-refractivity contribution in [3.63, 3.8) is 0 Å². The van der Waals surface area contributed by atoms with Crippen molar-refractivity contribution in [1.82, 2.24) is 0 Å². The number of nitrogen functional groups attached to an aromatic ring is 1. The van der Waals surface area contributed by atoms with Crippen molar-refractivity contribution in [3.8, 4) is 0 Å². The topological polar surface area (TPSA) is 58.3 Å². The van der Waals surface area contributed by atoms with E-state index in [4.69, 9.17) is 5.73 Å². The van der Waals surface area contributed by atoms with Gasteiger partial charge in [-0.1, -0.05) is 0 Å². The molecule has 0 amide bonds. The van der Waals surface area contributed by atoms with Crippen LogP contribution in [0, 0.1) is 0 Å². The third kappa shape index (κ3) is 1.03. The van der Waals surface area contributed by atoms with Gasteiger partial charge in [0.1, 0.15) is 6.23 Å². The molecule has 0 aromatic heterocycles. The van der Waals surface area contributed by atoms with E-state index in [0.29, 0.717) is 6.42 Å². The van der Waals surface area contributed by atoms with Crippen LogP contribution in [0.3, 0.4) is 0 Å². The van der Waals surface area contributed by atoms with Crippen LogP contribution in [-0.4, -0.2) is 11.3 Å². The average Bonchev–Trinajstić information content (AvgIpc) is 2.27. The second kappa shape index (κ2) is 2.13. The number of anilines is 2. The summed E-state index contributed by atoms with van der Waals surface area (Å²) in [6.07, 6.45) is 0.215. The molecule has 3 nitrogen and oxygen atoms in total. The maximum atomic E-state index is 9.19. The lowest BCUT2D eigenvalue weighted by Gasteiger charge is -2.00. The lowest BCUT2D eigenvalue weighted by molar-refractivity contribution is 0.212. The Hall–Kier alpha value is -1.22. The summed E-state index contributed by atoms with van der Waals surface area (Å²) in [5.41, 5.74) is 8.40. The van der Waals surface area contributed by atoms with Gasteiger partial charge < -0.3 is 16.2 Å². The summed E-state index contributed by atoms with van der Waals surface area (Å²) in [6, 6.07) is 5.60. The minimum absolute atomic E-state index is 0.438. The highest BCUT2D eigenvalue weighted by atomic mass is 16.3. The SMILES string of the molecule is Nc1ccc2c(c1)CC(O)N2. The number of aliphatic hydroxyl groups is 1. The maximum absolute atomic E-state index is 9.19. The molecule has 58 valence electrons. The molecule has 1 aliphatic rings. The van der Waals surface area contributed by atoms with Crippen LogP contribution in [0.1, 0.15) is 5.56 Å². The number of rotatable bonds is 0. The molecule has 0 saturated heterocycles. The van der Waals surface area contributed by atoms with Crippen LogP contribution < -0.4 is 11.1 Å². The largest absolute Gasteiger partial charge is 0.399 e. The fraction of sp³-hybridized carbons (Fsp3) is 0.250. The van der Waals surface area contributed by atoms with Crippen LogP contribution in [0.25, 0.3) is 0 Å². The van der Waals surface area contributed by atoms with E-state index >= 15 is 0 Å². The van der Waals surface area contributed by atoms with E-state index in [0.717, 1.165) is 16.9 Å². The average molecular weight is 150 g/mol. The molecular weight excluding hydrogens is 140 g/mol. The molecule has 0 spiro atoms. The smallest absolute Gasteiger partial charge is 0.128 e. The molecule has 0 aliphatic carbocycles. The summed E-state index contributed by atoms with van der Waals surface area (Å²) in [5.74, 6) is 0. The van der Waals surface area contributed by atoms with Crippen LogP contribution in [-0.2, 0) is 6.42 Å². The Labute approximate surface area is 64.8 Å². The van der Waals surface area contributed by atoms with Crippen LogP contribution >= 0.6 is 0 Å². The van der Waals surface area contributed by atoms with E-state index in [1.54, 1.807) is 0 Å². The second-order valence-electron chi connectivity index (χ2n) is 2.78. The van der Waals surface area contributed by atoms with Gasteiger partial charge in [0.05, 0.1) is 0 Å². The van der Waals surface area contributed by atoms with Gasteiger partial charge in [-0.2, -0.15) is 0 Å². The first-order chi connectivity index (χ1) is 5.25. The third-order valence-corrected chi connectivity index (χ3v) is 1.86. The molecule has 0 fully saturated rings. The summed E-state index contributed by atoms with van der Waals surface area (Å²) in [7, 11) is 0. The van der Waals surface area contributed by atoms with Gasteiger partial charge in [-0.25, -0.2) is 0 Å². The number of fused-ring (bicyclic) bond motifs is 1. The van der Waals surface area contributed by atoms with Crippen molar-refractivity contribution in [2.24, 2.45) is 0 Å².